The van der Waals surface area contributed by atoms with E-state index in [-0.39, 0.29) is 10.8 Å². The van der Waals surface area contributed by atoms with Crippen LogP contribution in [0.2, 0.25) is 4.34 Å². The van der Waals surface area contributed by atoms with Crippen LogP contribution in [0.4, 0.5) is 0 Å². The highest BCUT2D eigenvalue weighted by molar-refractivity contribution is 7.91. The molecule has 0 aliphatic heterocycles. The first-order valence-corrected chi connectivity index (χ1v) is 10.5. The van der Waals surface area contributed by atoms with Gasteiger partial charge in [-0.3, -0.25) is 0 Å². The summed E-state index contributed by atoms with van der Waals surface area (Å²) >= 11 is 8.17. The fraction of sp³-hybridized carbons (Fsp3) is 0.125. The molecule has 0 aliphatic carbocycles. The third-order valence-corrected chi connectivity index (χ3v) is 7.58. The van der Waals surface area contributed by atoms with Crippen molar-refractivity contribution in [2.24, 2.45) is 0 Å². The minimum atomic E-state index is -3.57. The molecule has 126 valence electrons. The molecule has 0 bridgehead atoms. The number of nitrogens with one attached hydrogen (secondary N) is 1. The summed E-state index contributed by atoms with van der Waals surface area (Å²) in [5.74, 6) is 0. The Morgan fingerprint density at radius 2 is 1.79 bits per heavy atom. The Balaban J connectivity index is 1.68. The second kappa shape index (κ2) is 7.35. The van der Waals surface area contributed by atoms with E-state index < -0.39 is 16.1 Å². The average molecular weight is 400 g/mol. The molecule has 1 aromatic carbocycles. The second-order valence-electron chi connectivity index (χ2n) is 5.00. The van der Waals surface area contributed by atoms with Gasteiger partial charge in [0.05, 0.1) is 4.34 Å². The number of halogens is 1. The fourth-order valence-electron chi connectivity index (χ4n) is 2.12. The van der Waals surface area contributed by atoms with Gasteiger partial charge in [-0.25, -0.2) is 13.1 Å². The van der Waals surface area contributed by atoms with Gasteiger partial charge in [-0.2, -0.15) is 0 Å². The number of sulfonamides is 1. The van der Waals surface area contributed by atoms with Crippen LogP contribution in [-0.2, 0) is 16.6 Å². The summed E-state index contributed by atoms with van der Waals surface area (Å²) in [6, 6.07) is 16.0. The molecule has 0 saturated heterocycles. The van der Waals surface area contributed by atoms with Gasteiger partial charge in [0.15, 0.2) is 0 Å². The SMILES string of the molecule is O=S(=O)(NCc1ccc([C@H](O)c2ccccc2)s1)c1ccc(Cl)s1. The quantitative estimate of drug-likeness (QED) is 0.657. The van der Waals surface area contributed by atoms with Crippen LogP contribution in [0.5, 0.6) is 0 Å². The molecule has 1 atom stereocenters. The second-order valence-corrected chi connectivity index (χ2v) is 9.91. The normalized spacial score (nSPS) is 13.1. The molecule has 0 aliphatic rings. The zero-order chi connectivity index (χ0) is 17.2. The zero-order valence-electron chi connectivity index (χ0n) is 12.3. The molecule has 2 N–H and O–H groups in total. The Kier molecular flexibility index (Phi) is 5.39. The molecule has 3 aromatic rings. The van der Waals surface area contributed by atoms with Crippen molar-refractivity contribution < 1.29 is 13.5 Å². The lowest BCUT2D eigenvalue weighted by Crippen LogP contribution is -2.21. The Hall–Kier alpha value is -1.22. The van der Waals surface area contributed by atoms with Crippen LogP contribution in [0.25, 0.3) is 0 Å². The van der Waals surface area contributed by atoms with Crippen molar-refractivity contribution in [3.63, 3.8) is 0 Å². The molecule has 4 nitrogen and oxygen atoms in total. The largest absolute Gasteiger partial charge is 0.383 e. The Labute approximate surface area is 153 Å². The minimum Gasteiger partial charge on any atom is -0.383 e. The summed E-state index contributed by atoms with van der Waals surface area (Å²) in [5.41, 5.74) is 0.805. The van der Waals surface area contributed by atoms with Crippen molar-refractivity contribution in [2.45, 2.75) is 16.9 Å². The molecule has 0 saturated carbocycles. The summed E-state index contributed by atoms with van der Waals surface area (Å²) in [7, 11) is -3.57. The fourth-order valence-corrected chi connectivity index (χ4v) is 5.71. The van der Waals surface area contributed by atoms with Crippen molar-refractivity contribution in [3.8, 4) is 0 Å². The number of benzene rings is 1. The van der Waals surface area contributed by atoms with E-state index in [0.717, 1.165) is 26.7 Å². The highest BCUT2D eigenvalue weighted by atomic mass is 35.5. The topological polar surface area (TPSA) is 66.4 Å². The lowest BCUT2D eigenvalue weighted by Gasteiger charge is -2.08. The third kappa shape index (κ3) is 4.05. The van der Waals surface area contributed by atoms with Gasteiger partial charge in [0, 0.05) is 16.3 Å². The third-order valence-electron chi connectivity index (χ3n) is 3.32. The van der Waals surface area contributed by atoms with E-state index >= 15 is 0 Å². The lowest BCUT2D eigenvalue weighted by atomic mass is 10.1. The maximum absolute atomic E-state index is 12.2. The monoisotopic (exact) mass is 399 g/mol. The highest BCUT2D eigenvalue weighted by Gasteiger charge is 2.18. The van der Waals surface area contributed by atoms with E-state index in [1.165, 1.54) is 17.4 Å². The van der Waals surface area contributed by atoms with E-state index in [9.17, 15) is 13.5 Å². The predicted molar refractivity (Wildman–Crippen MR) is 98.2 cm³/mol. The van der Waals surface area contributed by atoms with Gasteiger partial charge >= 0.3 is 0 Å². The minimum absolute atomic E-state index is 0.171. The van der Waals surface area contributed by atoms with Crippen molar-refractivity contribution in [2.75, 3.05) is 0 Å². The van der Waals surface area contributed by atoms with E-state index in [4.69, 9.17) is 11.6 Å². The molecule has 0 radical (unpaired) electrons. The molecule has 2 aromatic heterocycles. The van der Waals surface area contributed by atoms with Crippen LogP contribution in [0.15, 0.2) is 58.8 Å². The molecular formula is C16H14ClNO3S3. The number of hydrogen-bond donors (Lipinski definition) is 2. The molecule has 0 fully saturated rings. The van der Waals surface area contributed by atoms with E-state index in [1.54, 1.807) is 6.07 Å². The van der Waals surface area contributed by atoms with Gasteiger partial charge in [0.1, 0.15) is 10.3 Å². The van der Waals surface area contributed by atoms with Crippen molar-refractivity contribution >= 4 is 44.3 Å². The number of aliphatic hydroxyl groups is 1. The number of rotatable bonds is 6. The number of aliphatic hydroxyl groups excluding tert-OH is 1. The number of thiophene rings is 2. The number of hydrogen-bond acceptors (Lipinski definition) is 5. The first-order chi connectivity index (χ1) is 11.5. The maximum atomic E-state index is 12.2. The first-order valence-electron chi connectivity index (χ1n) is 7.02. The van der Waals surface area contributed by atoms with Gasteiger partial charge in [-0.1, -0.05) is 41.9 Å². The van der Waals surface area contributed by atoms with Crippen molar-refractivity contribution in [1.29, 1.82) is 0 Å². The molecule has 0 amide bonds. The van der Waals surface area contributed by atoms with Gasteiger partial charge in [0.25, 0.3) is 0 Å². The molecule has 3 rings (SSSR count). The summed E-state index contributed by atoms with van der Waals surface area (Å²) in [6.45, 7) is 0.171. The zero-order valence-corrected chi connectivity index (χ0v) is 15.6. The van der Waals surface area contributed by atoms with Crippen LogP contribution in [-0.4, -0.2) is 13.5 Å². The van der Waals surface area contributed by atoms with Crippen LogP contribution in [0.1, 0.15) is 21.4 Å². The van der Waals surface area contributed by atoms with Gasteiger partial charge in [-0.15, -0.1) is 22.7 Å². The van der Waals surface area contributed by atoms with E-state index in [0.29, 0.717) is 4.34 Å². The highest BCUT2D eigenvalue weighted by Crippen LogP contribution is 2.29. The Morgan fingerprint density at radius 3 is 2.46 bits per heavy atom. The summed E-state index contributed by atoms with van der Waals surface area (Å²) < 4.78 is 27.5. The summed E-state index contributed by atoms with van der Waals surface area (Å²) in [6.07, 6.45) is -0.711. The molecule has 0 spiro atoms. The van der Waals surface area contributed by atoms with Gasteiger partial charge in [0.2, 0.25) is 10.0 Å². The smallest absolute Gasteiger partial charge is 0.250 e. The van der Waals surface area contributed by atoms with Crippen molar-refractivity contribution in [1.82, 2.24) is 4.72 Å². The molecule has 0 unspecified atom stereocenters. The summed E-state index contributed by atoms with van der Waals surface area (Å²) in [4.78, 5) is 1.60. The van der Waals surface area contributed by atoms with E-state index in [2.05, 4.69) is 4.72 Å². The van der Waals surface area contributed by atoms with Crippen LogP contribution in [0.3, 0.4) is 0 Å². The van der Waals surface area contributed by atoms with Gasteiger partial charge < -0.3 is 5.11 Å². The lowest BCUT2D eigenvalue weighted by molar-refractivity contribution is 0.224. The standard InChI is InChI=1S/C16H14ClNO3S3/c17-14-8-9-15(23-14)24(20,21)18-10-12-6-7-13(22-12)16(19)11-4-2-1-3-5-11/h1-9,16,18-19H,10H2/t16-/m1/s1. The Morgan fingerprint density at radius 1 is 1.04 bits per heavy atom. The van der Waals surface area contributed by atoms with Crippen molar-refractivity contribution in [3.05, 3.63) is 74.3 Å². The average Bonchev–Trinajstić information content (AvgIpc) is 3.22. The molecule has 8 heteroatoms. The van der Waals surface area contributed by atoms with E-state index in [1.807, 2.05) is 42.5 Å². The Bertz CT molecular complexity index is 919. The van der Waals surface area contributed by atoms with Crippen LogP contribution >= 0.6 is 34.3 Å². The first kappa shape index (κ1) is 17.6. The molecule has 2 heterocycles. The van der Waals surface area contributed by atoms with Gasteiger partial charge in [-0.05, 0) is 29.8 Å². The summed E-state index contributed by atoms with van der Waals surface area (Å²) in [5, 5.41) is 10.4. The maximum Gasteiger partial charge on any atom is 0.250 e. The van der Waals surface area contributed by atoms with Crippen LogP contribution < -0.4 is 4.72 Å². The molecule has 24 heavy (non-hydrogen) atoms. The predicted octanol–water partition coefficient (Wildman–Crippen LogP) is 4.02. The molecular weight excluding hydrogens is 386 g/mol. The van der Waals surface area contributed by atoms with Crippen LogP contribution in [0, 0.1) is 0 Å².